The lowest BCUT2D eigenvalue weighted by molar-refractivity contribution is -0.123. The molecule has 0 heterocycles. The summed E-state index contributed by atoms with van der Waals surface area (Å²) in [5.74, 6) is -0.319. The summed E-state index contributed by atoms with van der Waals surface area (Å²) in [5.41, 5.74) is 5.81. The summed E-state index contributed by atoms with van der Waals surface area (Å²) in [6, 6.07) is 0. The molecule has 0 radical (unpaired) electrons. The Morgan fingerprint density at radius 3 is 2.57 bits per heavy atom. The molecular formula is C10H18N2OS. The van der Waals surface area contributed by atoms with Gasteiger partial charge in [-0.3, -0.25) is 4.79 Å². The molecule has 0 spiro atoms. The second kappa shape index (κ2) is 4.26. The second-order valence-corrected chi connectivity index (χ2v) is 4.86. The van der Waals surface area contributed by atoms with E-state index < -0.39 is 0 Å². The third-order valence-corrected chi connectivity index (χ3v) is 3.15. The molecule has 1 aliphatic rings. The molecule has 80 valence electrons. The van der Waals surface area contributed by atoms with Crippen LogP contribution in [0.3, 0.4) is 0 Å². The van der Waals surface area contributed by atoms with Crippen molar-refractivity contribution in [2.75, 3.05) is 6.54 Å². The van der Waals surface area contributed by atoms with E-state index in [-0.39, 0.29) is 11.8 Å². The topological polar surface area (TPSA) is 55.1 Å². The summed E-state index contributed by atoms with van der Waals surface area (Å²) in [4.78, 5) is 11.9. The molecule has 3 nitrogen and oxygen atoms in total. The molecular weight excluding hydrogens is 196 g/mol. The van der Waals surface area contributed by atoms with Gasteiger partial charge in [0, 0.05) is 6.54 Å². The Morgan fingerprint density at radius 2 is 2.21 bits per heavy atom. The van der Waals surface area contributed by atoms with Gasteiger partial charge in [-0.15, -0.1) is 0 Å². The van der Waals surface area contributed by atoms with Crippen LogP contribution >= 0.6 is 12.2 Å². The molecule has 1 unspecified atom stereocenters. The maximum atomic E-state index is 11.6. The Kier molecular flexibility index (Phi) is 3.48. The van der Waals surface area contributed by atoms with Crippen LogP contribution in [-0.2, 0) is 4.79 Å². The molecule has 1 rings (SSSR count). The number of amides is 1. The molecule has 0 aromatic heterocycles. The molecule has 0 aromatic carbocycles. The van der Waals surface area contributed by atoms with E-state index in [1.54, 1.807) is 0 Å². The van der Waals surface area contributed by atoms with Crippen LogP contribution in [0.1, 0.15) is 33.1 Å². The number of hydrogen-bond donors (Lipinski definition) is 2. The van der Waals surface area contributed by atoms with Crippen LogP contribution < -0.4 is 11.1 Å². The van der Waals surface area contributed by atoms with E-state index in [4.69, 9.17) is 18.0 Å². The minimum atomic E-state index is -0.299. The van der Waals surface area contributed by atoms with Crippen molar-refractivity contribution >= 4 is 23.1 Å². The predicted molar refractivity (Wildman–Crippen MR) is 60.9 cm³/mol. The van der Waals surface area contributed by atoms with Crippen LogP contribution in [0.2, 0.25) is 0 Å². The van der Waals surface area contributed by atoms with Crippen molar-refractivity contribution in [2.24, 2.45) is 17.1 Å². The van der Waals surface area contributed by atoms with Gasteiger partial charge in [-0.2, -0.15) is 0 Å². The number of thiocarbonyl (C=S) groups is 1. The molecule has 1 saturated carbocycles. The van der Waals surface area contributed by atoms with E-state index in [9.17, 15) is 4.79 Å². The lowest BCUT2D eigenvalue weighted by Crippen LogP contribution is -2.39. The number of nitrogens with two attached hydrogens (primary N) is 1. The van der Waals surface area contributed by atoms with Gasteiger partial charge in [0.25, 0.3) is 0 Å². The Bertz CT molecular complexity index is 249. The van der Waals surface area contributed by atoms with Gasteiger partial charge in [0.15, 0.2) is 0 Å². The van der Waals surface area contributed by atoms with E-state index >= 15 is 0 Å². The minimum absolute atomic E-state index is 0.0203. The van der Waals surface area contributed by atoms with Crippen LogP contribution in [-0.4, -0.2) is 17.4 Å². The Labute approximate surface area is 90.4 Å². The highest BCUT2D eigenvalue weighted by atomic mass is 32.1. The summed E-state index contributed by atoms with van der Waals surface area (Å²) in [6.45, 7) is 4.85. The quantitative estimate of drug-likeness (QED) is 0.676. The number of rotatable bonds is 5. The first-order valence-corrected chi connectivity index (χ1v) is 5.46. The number of carbonyl (C=O) groups excluding carboxylic acids is 1. The molecule has 1 atom stereocenters. The van der Waals surface area contributed by atoms with Crippen molar-refractivity contribution < 1.29 is 4.79 Å². The van der Waals surface area contributed by atoms with Crippen LogP contribution in [0.5, 0.6) is 0 Å². The van der Waals surface area contributed by atoms with Gasteiger partial charge < -0.3 is 11.1 Å². The van der Waals surface area contributed by atoms with Crippen LogP contribution in [0, 0.1) is 11.3 Å². The first kappa shape index (κ1) is 11.4. The van der Waals surface area contributed by atoms with Crippen molar-refractivity contribution in [3.05, 3.63) is 0 Å². The third-order valence-electron chi connectivity index (χ3n) is 2.86. The van der Waals surface area contributed by atoms with E-state index in [0.29, 0.717) is 16.8 Å². The zero-order chi connectivity index (χ0) is 10.8. The largest absolute Gasteiger partial charge is 0.393 e. The first-order chi connectivity index (χ1) is 6.48. The van der Waals surface area contributed by atoms with E-state index in [1.165, 1.54) is 12.8 Å². The molecule has 14 heavy (non-hydrogen) atoms. The highest BCUT2D eigenvalue weighted by Crippen LogP contribution is 2.44. The van der Waals surface area contributed by atoms with Crippen molar-refractivity contribution in [3.63, 3.8) is 0 Å². The third kappa shape index (κ3) is 2.94. The number of nitrogens with one attached hydrogen (secondary N) is 1. The summed E-state index contributed by atoms with van der Waals surface area (Å²) >= 11 is 4.83. The van der Waals surface area contributed by atoms with Gasteiger partial charge in [-0.05, 0) is 24.7 Å². The summed E-state index contributed by atoms with van der Waals surface area (Å²) in [7, 11) is 0. The molecule has 4 heteroatoms. The highest BCUT2D eigenvalue weighted by Gasteiger charge is 2.37. The monoisotopic (exact) mass is 214 g/mol. The van der Waals surface area contributed by atoms with Gasteiger partial charge in [0.2, 0.25) is 5.91 Å². The molecule has 1 fully saturated rings. The van der Waals surface area contributed by atoms with Crippen LogP contribution in [0.4, 0.5) is 0 Å². The summed E-state index contributed by atoms with van der Waals surface area (Å²) in [6.07, 6.45) is 3.09. The smallest absolute Gasteiger partial charge is 0.229 e. The zero-order valence-corrected chi connectivity index (χ0v) is 9.62. The average Bonchev–Trinajstić information content (AvgIpc) is 2.82. The lowest BCUT2D eigenvalue weighted by atomic mass is 10.1. The van der Waals surface area contributed by atoms with Gasteiger partial charge in [-0.1, -0.05) is 26.1 Å². The van der Waals surface area contributed by atoms with E-state index in [0.717, 1.165) is 6.54 Å². The maximum Gasteiger partial charge on any atom is 0.229 e. The van der Waals surface area contributed by atoms with Crippen LogP contribution in [0.15, 0.2) is 0 Å². The zero-order valence-electron chi connectivity index (χ0n) is 8.80. The van der Waals surface area contributed by atoms with Crippen molar-refractivity contribution in [1.82, 2.24) is 5.32 Å². The molecule has 0 bridgehead atoms. The number of carbonyl (C=O) groups is 1. The molecule has 0 aromatic rings. The Morgan fingerprint density at radius 1 is 1.64 bits per heavy atom. The Balaban J connectivity index is 2.35. The summed E-state index contributed by atoms with van der Waals surface area (Å²) < 4.78 is 0. The maximum absolute atomic E-state index is 11.6. The van der Waals surface area contributed by atoms with Crippen LogP contribution in [0.25, 0.3) is 0 Å². The second-order valence-electron chi connectivity index (χ2n) is 4.39. The molecule has 1 amide bonds. The van der Waals surface area contributed by atoms with Gasteiger partial charge in [0.1, 0.15) is 0 Å². The van der Waals surface area contributed by atoms with Crippen molar-refractivity contribution in [1.29, 1.82) is 0 Å². The SMILES string of the molecule is CCC(C(=O)NCC1(C)CC1)C(N)=S. The number of hydrogen-bond acceptors (Lipinski definition) is 2. The molecule has 3 N–H and O–H groups in total. The summed E-state index contributed by atoms with van der Waals surface area (Å²) in [5, 5.41) is 2.91. The Hall–Kier alpha value is -0.640. The van der Waals surface area contributed by atoms with Gasteiger partial charge >= 0.3 is 0 Å². The highest BCUT2D eigenvalue weighted by molar-refractivity contribution is 7.80. The fourth-order valence-corrected chi connectivity index (χ4v) is 1.60. The molecule has 0 saturated heterocycles. The normalized spacial score (nSPS) is 19.9. The van der Waals surface area contributed by atoms with E-state index in [1.807, 2.05) is 6.92 Å². The predicted octanol–water partition coefficient (Wildman–Crippen LogP) is 1.22. The fourth-order valence-electron chi connectivity index (χ4n) is 1.33. The van der Waals surface area contributed by atoms with Crippen molar-refractivity contribution in [2.45, 2.75) is 33.1 Å². The molecule has 0 aliphatic heterocycles. The van der Waals surface area contributed by atoms with Gasteiger partial charge in [-0.25, -0.2) is 0 Å². The lowest BCUT2D eigenvalue weighted by Gasteiger charge is -2.15. The van der Waals surface area contributed by atoms with E-state index in [2.05, 4.69) is 12.2 Å². The molecule has 1 aliphatic carbocycles. The minimum Gasteiger partial charge on any atom is -0.393 e. The average molecular weight is 214 g/mol. The van der Waals surface area contributed by atoms with Crippen molar-refractivity contribution in [3.8, 4) is 0 Å². The standard InChI is InChI=1S/C10H18N2OS/c1-3-7(8(11)14)9(13)12-6-10(2)4-5-10/h7H,3-6H2,1-2H3,(H2,11,14)(H,12,13). The first-order valence-electron chi connectivity index (χ1n) is 5.05. The fraction of sp³-hybridized carbons (Fsp3) is 0.800. The van der Waals surface area contributed by atoms with Gasteiger partial charge in [0.05, 0.1) is 10.9 Å².